The molecule has 0 radical (unpaired) electrons. The molecule has 1 atom stereocenters. The predicted octanol–water partition coefficient (Wildman–Crippen LogP) is 2.94. The van der Waals surface area contributed by atoms with Crippen molar-refractivity contribution in [2.24, 2.45) is 11.7 Å². The van der Waals surface area contributed by atoms with E-state index in [0.29, 0.717) is 17.1 Å². The monoisotopic (exact) mass is 334 g/mol. The van der Waals surface area contributed by atoms with Crippen molar-refractivity contribution in [3.05, 3.63) is 46.7 Å². The lowest BCUT2D eigenvalue weighted by Crippen LogP contribution is -2.55. The molecule has 0 aliphatic heterocycles. The van der Waals surface area contributed by atoms with Crippen LogP contribution in [-0.4, -0.2) is 27.8 Å². The second-order valence-electron chi connectivity index (χ2n) is 6.27. The zero-order chi connectivity index (χ0) is 17.2. The number of halogens is 1. The van der Waals surface area contributed by atoms with Gasteiger partial charge in [-0.05, 0) is 38.0 Å². The highest BCUT2D eigenvalue weighted by molar-refractivity contribution is 6.30. The molecule has 1 unspecified atom stereocenters. The molecular formula is C17H23ClN4O. The van der Waals surface area contributed by atoms with E-state index >= 15 is 0 Å². The van der Waals surface area contributed by atoms with E-state index in [9.17, 15) is 4.79 Å². The number of hydrogen-bond acceptors (Lipinski definition) is 3. The number of aromatic nitrogens is 2. The summed E-state index contributed by atoms with van der Waals surface area (Å²) in [7, 11) is 0. The fraction of sp³-hybridized carbons (Fsp3) is 0.412. The summed E-state index contributed by atoms with van der Waals surface area (Å²) in [6.07, 6.45) is 1.57. The first-order valence-corrected chi connectivity index (χ1v) is 7.99. The largest absolute Gasteiger partial charge is 0.345 e. The number of carbonyl (C=O) groups excluding carboxylic acids is 1. The highest BCUT2D eigenvalue weighted by Gasteiger charge is 2.30. The average Bonchev–Trinajstić information content (AvgIpc) is 2.88. The number of carbonyl (C=O) groups is 1. The number of amides is 1. The maximum atomic E-state index is 12.6. The van der Waals surface area contributed by atoms with Crippen molar-refractivity contribution in [3.8, 4) is 5.69 Å². The van der Waals surface area contributed by atoms with Crippen LogP contribution in [-0.2, 0) is 0 Å². The summed E-state index contributed by atoms with van der Waals surface area (Å²) in [6.45, 7) is 8.26. The second-order valence-corrected chi connectivity index (χ2v) is 6.70. The van der Waals surface area contributed by atoms with Gasteiger partial charge in [0.15, 0.2) is 0 Å². The van der Waals surface area contributed by atoms with Crippen LogP contribution in [0.25, 0.3) is 5.69 Å². The van der Waals surface area contributed by atoms with Crippen LogP contribution >= 0.6 is 11.6 Å². The molecule has 5 nitrogen and oxygen atoms in total. The third-order valence-electron chi connectivity index (χ3n) is 4.40. The van der Waals surface area contributed by atoms with Gasteiger partial charge in [0.05, 0.1) is 28.7 Å². The first-order valence-electron chi connectivity index (χ1n) is 7.61. The van der Waals surface area contributed by atoms with E-state index in [1.807, 2.05) is 39.8 Å². The van der Waals surface area contributed by atoms with E-state index in [4.69, 9.17) is 17.3 Å². The van der Waals surface area contributed by atoms with Crippen LogP contribution < -0.4 is 11.1 Å². The van der Waals surface area contributed by atoms with Crippen LogP contribution in [0.15, 0.2) is 30.5 Å². The van der Waals surface area contributed by atoms with Crippen LogP contribution in [0, 0.1) is 12.8 Å². The molecule has 0 aliphatic carbocycles. The Morgan fingerprint density at radius 2 is 2.17 bits per heavy atom. The van der Waals surface area contributed by atoms with E-state index in [0.717, 1.165) is 11.4 Å². The Morgan fingerprint density at radius 1 is 1.48 bits per heavy atom. The second kappa shape index (κ2) is 6.72. The number of benzene rings is 1. The van der Waals surface area contributed by atoms with Gasteiger partial charge in [-0.1, -0.05) is 31.5 Å². The number of nitrogens with two attached hydrogens (primary N) is 1. The van der Waals surface area contributed by atoms with Gasteiger partial charge in [0, 0.05) is 11.6 Å². The number of hydrogen-bond donors (Lipinski definition) is 2. The SMILES string of the molecule is Cc1c(C(=O)NC(C)(CN)C(C)C)cnn1-c1cccc(Cl)c1. The van der Waals surface area contributed by atoms with Gasteiger partial charge in [-0.3, -0.25) is 4.79 Å². The van der Waals surface area contributed by atoms with Gasteiger partial charge in [0.25, 0.3) is 5.91 Å². The quantitative estimate of drug-likeness (QED) is 0.883. The molecule has 0 bridgehead atoms. The van der Waals surface area contributed by atoms with Gasteiger partial charge >= 0.3 is 0 Å². The standard InChI is InChI=1S/C17H23ClN4O/c1-11(2)17(4,10-19)21-16(23)15-9-20-22(12(15)3)14-7-5-6-13(18)8-14/h5-9,11H,10,19H2,1-4H3,(H,21,23). The topological polar surface area (TPSA) is 72.9 Å². The fourth-order valence-electron chi connectivity index (χ4n) is 2.26. The molecule has 3 N–H and O–H groups in total. The Balaban J connectivity index is 2.30. The summed E-state index contributed by atoms with van der Waals surface area (Å²) >= 11 is 6.02. The summed E-state index contributed by atoms with van der Waals surface area (Å²) in [5.74, 6) is 0.0529. The maximum Gasteiger partial charge on any atom is 0.255 e. The van der Waals surface area contributed by atoms with Gasteiger partial charge in [0.2, 0.25) is 0 Å². The minimum Gasteiger partial charge on any atom is -0.345 e. The number of nitrogens with one attached hydrogen (secondary N) is 1. The van der Waals surface area contributed by atoms with Crippen molar-refractivity contribution in [2.45, 2.75) is 33.2 Å². The van der Waals surface area contributed by atoms with E-state index in [1.54, 1.807) is 23.0 Å². The normalized spacial score (nSPS) is 13.9. The van der Waals surface area contributed by atoms with Crippen LogP contribution in [0.3, 0.4) is 0 Å². The lowest BCUT2D eigenvalue weighted by molar-refractivity contribution is 0.0882. The molecule has 6 heteroatoms. The molecule has 1 aromatic heterocycles. The van der Waals surface area contributed by atoms with Crippen molar-refractivity contribution in [1.82, 2.24) is 15.1 Å². The Hall–Kier alpha value is -1.85. The van der Waals surface area contributed by atoms with Gasteiger partial charge in [0.1, 0.15) is 0 Å². The molecule has 0 spiro atoms. The molecule has 124 valence electrons. The zero-order valence-electron chi connectivity index (χ0n) is 13.9. The molecule has 2 rings (SSSR count). The van der Waals surface area contributed by atoms with Crippen LogP contribution in [0.1, 0.15) is 36.8 Å². The first-order chi connectivity index (χ1) is 10.8. The van der Waals surface area contributed by atoms with Crippen molar-refractivity contribution in [2.75, 3.05) is 6.54 Å². The number of nitrogens with zero attached hydrogens (tertiary/aromatic N) is 2. The van der Waals surface area contributed by atoms with E-state index in [2.05, 4.69) is 10.4 Å². The van der Waals surface area contributed by atoms with Crippen molar-refractivity contribution >= 4 is 17.5 Å². The maximum absolute atomic E-state index is 12.6. The summed E-state index contributed by atoms with van der Waals surface area (Å²) in [4.78, 5) is 12.6. The summed E-state index contributed by atoms with van der Waals surface area (Å²) in [5.41, 5.74) is 7.49. The van der Waals surface area contributed by atoms with Crippen LogP contribution in [0.5, 0.6) is 0 Å². The van der Waals surface area contributed by atoms with Gasteiger partial charge < -0.3 is 11.1 Å². The van der Waals surface area contributed by atoms with Gasteiger partial charge in [-0.15, -0.1) is 0 Å². The Bertz CT molecular complexity index is 710. The zero-order valence-corrected chi connectivity index (χ0v) is 14.7. The third-order valence-corrected chi connectivity index (χ3v) is 4.64. The summed E-state index contributed by atoms with van der Waals surface area (Å²) in [6, 6.07) is 7.35. The highest BCUT2D eigenvalue weighted by atomic mass is 35.5. The predicted molar refractivity (Wildman–Crippen MR) is 93.1 cm³/mol. The molecule has 0 saturated carbocycles. The van der Waals surface area contributed by atoms with Crippen molar-refractivity contribution in [1.29, 1.82) is 0 Å². The molecule has 0 fully saturated rings. The molecule has 1 aromatic carbocycles. The number of rotatable bonds is 5. The van der Waals surface area contributed by atoms with Crippen molar-refractivity contribution < 1.29 is 4.79 Å². The lowest BCUT2D eigenvalue weighted by Gasteiger charge is -2.33. The molecule has 1 heterocycles. The molecule has 2 aromatic rings. The van der Waals surface area contributed by atoms with Crippen molar-refractivity contribution in [3.63, 3.8) is 0 Å². The molecule has 23 heavy (non-hydrogen) atoms. The van der Waals surface area contributed by atoms with Gasteiger partial charge in [-0.2, -0.15) is 5.10 Å². The third kappa shape index (κ3) is 3.57. The molecule has 1 amide bonds. The van der Waals surface area contributed by atoms with E-state index in [-0.39, 0.29) is 11.8 Å². The first kappa shape index (κ1) is 17.5. The van der Waals surface area contributed by atoms with E-state index in [1.165, 1.54) is 0 Å². The molecule has 0 aliphatic rings. The van der Waals surface area contributed by atoms with Gasteiger partial charge in [-0.25, -0.2) is 4.68 Å². The summed E-state index contributed by atoms with van der Waals surface area (Å²) < 4.78 is 1.70. The minimum absolute atomic E-state index is 0.169. The fourth-order valence-corrected chi connectivity index (χ4v) is 2.44. The van der Waals surface area contributed by atoms with E-state index < -0.39 is 5.54 Å². The lowest BCUT2D eigenvalue weighted by atomic mass is 9.88. The van der Waals surface area contributed by atoms with Crippen LogP contribution in [0.2, 0.25) is 5.02 Å². The van der Waals surface area contributed by atoms with Crippen LogP contribution in [0.4, 0.5) is 0 Å². The molecular weight excluding hydrogens is 312 g/mol. The Kier molecular flexibility index (Phi) is 5.12. The highest BCUT2D eigenvalue weighted by Crippen LogP contribution is 2.20. The Labute approximate surface area is 141 Å². The average molecular weight is 335 g/mol. The summed E-state index contributed by atoms with van der Waals surface area (Å²) in [5, 5.41) is 7.97. The Morgan fingerprint density at radius 3 is 2.74 bits per heavy atom. The minimum atomic E-state index is -0.457. The molecule has 0 saturated heterocycles. The smallest absolute Gasteiger partial charge is 0.255 e.